The van der Waals surface area contributed by atoms with Crippen molar-refractivity contribution in [2.45, 2.75) is 27.7 Å². The molecule has 0 amide bonds. The maximum atomic E-state index is 11.9. The molecule has 0 heterocycles. The molecule has 0 unspecified atom stereocenters. The molecule has 0 N–H and O–H groups in total. The highest BCUT2D eigenvalue weighted by molar-refractivity contribution is 6.06. The predicted molar refractivity (Wildman–Crippen MR) is 91.7 cm³/mol. The van der Waals surface area contributed by atoms with Gasteiger partial charge in [-0.1, -0.05) is 81.7 Å². The van der Waals surface area contributed by atoms with Crippen LogP contribution in [0, 0.1) is 0 Å². The highest BCUT2D eigenvalue weighted by Gasteiger charge is 2.00. The molecule has 0 radical (unpaired) electrons. The van der Waals surface area contributed by atoms with Gasteiger partial charge in [0.15, 0.2) is 5.78 Å². The molecule has 108 valence electrons. The topological polar surface area (TPSA) is 17.1 Å². The Balaban J connectivity index is 0. The number of rotatable bonds is 7. The summed E-state index contributed by atoms with van der Waals surface area (Å²) < 4.78 is 0. The lowest BCUT2D eigenvalue weighted by atomic mass is 10.1. The van der Waals surface area contributed by atoms with Gasteiger partial charge in [0.25, 0.3) is 0 Å². The highest BCUT2D eigenvalue weighted by Crippen LogP contribution is 2.05. The Morgan fingerprint density at radius 3 is 1.80 bits per heavy atom. The SMILES string of the molecule is C=C/C=C(\C=C/C)/C=C/C(=O)C(/C=C\C)=C/C=C.CC. The van der Waals surface area contributed by atoms with E-state index in [1.54, 1.807) is 36.5 Å². The number of hydrogen-bond donors (Lipinski definition) is 0. The van der Waals surface area contributed by atoms with Crippen molar-refractivity contribution >= 4 is 5.78 Å². The second-order valence-electron chi connectivity index (χ2n) is 3.46. The molecule has 0 aliphatic heterocycles. The van der Waals surface area contributed by atoms with Gasteiger partial charge in [-0.15, -0.1) is 0 Å². The molecule has 0 aromatic carbocycles. The molecule has 0 spiro atoms. The van der Waals surface area contributed by atoms with E-state index in [0.29, 0.717) is 5.57 Å². The summed E-state index contributed by atoms with van der Waals surface area (Å²) in [5.41, 5.74) is 1.54. The lowest BCUT2D eigenvalue weighted by molar-refractivity contribution is -0.111. The minimum atomic E-state index is -0.0486. The first-order valence-corrected chi connectivity index (χ1v) is 6.82. The number of ketones is 1. The summed E-state index contributed by atoms with van der Waals surface area (Å²) in [6.45, 7) is 15.0. The summed E-state index contributed by atoms with van der Waals surface area (Å²) in [6.07, 6.45) is 17.6. The quantitative estimate of drug-likeness (QED) is 0.440. The molecule has 1 nitrogen and oxygen atoms in total. The Hall–Kier alpha value is -2.15. The smallest absolute Gasteiger partial charge is 0.185 e. The minimum Gasteiger partial charge on any atom is -0.289 e. The number of allylic oxidation sites excluding steroid dienone is 12. The van der Waals surface area contributed by atoms with Crippen LogP contribution in [0.2, 0.25) is 0 Å². The second-order valence-corrected chi connectivity index (χ2v) is 3.46. The van der Waals surface area contributed by atoms with Gasteiger partial charge in [-0.05, 0) is 25.5 Å². The van der Waals surface area contributed by atoms with Crippen LogP contribution in [0.1, 0.15) is 27.7 Å². The molecule has 0 atom stereocenters. The average molecular weight is 270 g/mol. The van der Waals surface area contributed by atoms with Gasteiger partial charge in [-0.2, -0.15) is 0 Å². The third-order valence-corrected chi connectivity index (χ3v) is 2.02. The van der Waals surface area contributed by atoms with Crippen LogP contribution in [0.15, 0.2) is 85.1 Å². The molecule has 1 heteroatoms. The van der Waals surface area contributed by atoms with Crippen molar-refractivity contribution in [3.8, 4) is 0 Å². The first kappa shape index (κ1) is 20.2. The normalized spacial score (nSPS) is 12.6. The molecule has 0 saturated carbocycles. The summed E-state index contributed by atoms with van der Waals surface area (Å²) in [4.78, 5) is 11.9. The van der Waals surface area contributed by atoms with Crippen LogP contribution in [-0.4, -0.2) is 5.78 Å². The van der Waals surface area contributed by atoms with Crippen molar-refractivity contribution in [2.24, 2.45) is 0 Å². The van der Waals surface area contributed by atoms with Gasteiger partial charge in [0, 0.05) is 5.57 Å². The largest absolute Gasteiger partial charge is 0.289 e. The Labute approximate surface area is 124 Å². The first-order chi connectivity index (χ1) is 9.69. The molecule has 0 aliphatic rings. The van der Waals surface area contributed by atoms with Crippen LogP contribution in [0.5, 0.6) is 0 Å². The van der Waals surface area contributed by atoms with Crippen molar-refractivity contribution < 1.29 is 4.79 Å². The van der Waals surface area contributed by atoms with Gasteiger partial charge in [-0.25, -0.2) is 0 Å². The minimum absolute atomic E-state index is 0.0486. The fourth-order valence-corrected chi connectivity index (χ4v) is 1.29. The molecule has 0 fully saturated rings. The monoisotopic (exact) mass is 270 g/mol. The van der Waals surface area contributed by atoms with Gasteiger partial charge in [0.05, 0.1) is 0 Å². The van der Waals surface area contributed by atoms with Crippen LogP contribution in [0.3, 0.4) is 0 Å². The van der Waals surface area contributed by atoms with Crippen molar-refractivity contribution in [1.82, 2.24) is 0 Å². The molecule has 0 aliphatic carbocycles. The zero-order valence-corrected chi connectivity index (χ0v) is 13.1. The van der Waals surface area contributed by atoms with E-state index in [9.17, 15) is 4.79 Å². The third-order valence-electron chi connectivity index (χ3n) is 2.02. The van der Waals surface area contributed by atoms with Gasteiger partial charge in [0.2, 0.25) is 0 Å². The number of carbonyl (C=O) groups is 1. The molecule has 0 aromatic rings. The molecule has 0 bridgehead atoms. The Morgan fingerprint density at radius 2 is 1.35 bits per heavy atom. The van der Waals surface area contributed by atoms with E-state index in [-0.39, 0.29) is 5.78 Å². The standard InChI is InChI=1S/C17H20O.C2H6/c1-5-9-15(10-6-2)13-14-17(18)16(11-7-3)12-8-4;1-2/h5-14H,1,3H2,2,4H3;1-2H3/b10-6-,12-8-,14-13+,15-9+,16-11+;. The number of hydrogen-bond acceptors (Lipinski definition) is 1. The Morgan fingerprint density at radius 1 is 0.800 bits per heavy atom. The first-order valence-electron chi connectivity index (χ1n) is 6.82. The van der Waals surface area contributed by atoms with E-state index in [2.05, 4.69) is 13.2 Å². The van der Waals surface area contributed by atoms with Gasteiger partial charge in [0.1, 0.15) is 0 Å². The predicted octanol–water partition coefficient (Wildman–Crippen LogP) is 5.51. The maximum absolute atomic E-state index is 11.9. The van der Waals surface area contributed by atoms with Crippen molar-refractivity contribution in [2.75, 3.05) is 0 Å². The molecule has 0 rings (SSSR count). The average Bonchev–Trinajstić information content (AvgIpc) is 2.47. The van der Waals surface area contributed by atoms with Crippen molar-refractivity contribution in [3.63, 3.8) is 0 Å². The van der Waals surface area contributed by atoms with Crippen molar-refractivity contribution in [1.29, 1.82) is 0 Å². The summed E-state index contributed by atoms with van der Waals surface area (Å²) in [5.74, 6) is -0.0486. The van der Waals surface area contributed by atoms with Crippen LogP contribution >= 0.6 is 0 Å². The Bertz CT molecular complexity index is 440. The maximum Gasteiger partial charge on any atom is 0.185 e. The van der Waals surface area contributed by atoms with E-state index < -0.39 is 0 Å². The van der Waals surface area contributed by atoms with E-state index in [1.807, 2.05) is 52.0 Å². The molecular weight excluding hydrogens is 244 g/mol. The van der Waals surface area contributed by atoms with Crippen molar-refractivity contribution in [3.05, 3.63) is 85.1 Å². The summed E-state index contributed by atoms with van der Waals surface area (Å²) in [6, 6.07) is 0. The summed E-state index contributed by atoms with van der Waals surface area (Å²) >= 11 is 0. The molecule has 0 aromatic heterocycles. The van der Waals surface area contributed by atoms with E-state index in [0.717, 1.165) is 5.57 Å². The van der Waals surface area contributed by atoms with Gasteiger partial charge < -0.3 is 0 Å². The van der Waals surface area contributed by atoms with Crippen LogP contribution in [0.25, 0.3) is 0 Å². The third kappa shape index (κ3) is 9.84. The Kier molecular flexibility index (Phi) is 15.0. The lowest BCUT2D eigenvalue weighted by Gasteiger charge is -1.95. The zero-order valence-electron chi connectivity index (χ0n) is 13.1. The zero-order chi connectivity index (χ0) is 15.8. The lowest BCUT2D eigenvalue weighted by Crippen LogP contribution is -1.95. The fraction of sp³-hybridized carbons (Fsp3) is 0.211. The fourth-order valence-electron chi connectivity index (χ4n) is 1.29. The van der Waals surface area contributed by atoms with Crippen LogP contribution in [-0.2, 0) is 4.79 Å². The summed E-state index contributed by atoms with van der Waals surface area (Å²) in [5, 5.41) is 0. The van der Waals surface area contributed by atoms with Crippen LogP contribution < -0.4 is 0 Å². The van der Waals surface area contributed by atoms with Gasteiger partial charge >= 0.3 is 0 Å². The second kappa shape index (κ2) is 14.9. The van der Waals surface area contributed by atoms with Crippen LogP contribution in [0.4, 0.5) is 0 Å². The van der Waals surface area contributed by atoms with Gasteiger partial charge in [-0.3, -0.25) is 4.79 Å². The summed E-state index contributed by atoms with van der Waals surface area (Å²) in [7, 11) is 0. The number of carbonyl (C=O) groups excluding carboxylic acids is 1. The molecule has 0 saturated heterocycles. The van der Waals surface area contributed by atoms with E-state index in [1.165, 1.54) is 0 Å². The van der Waals surface area contributed by atoms with E-state index in [4.69, 9.17) is 0 Å². The molecular formula is C19H26O. The molecule has 20 heavy (non-hydrogen) atoms. The van der Waals surface area contributed by atoms with E-state index >= 15 is 0 Å². The highest BCUT2D eigenvalue weighted by atomic mass is 16.1.